The summed E-state index contributed by atoms with van der Waals surface area (Å²) >= 11 is 0. The van der Waals surface area contributed by atoms with E-state index in [1.165, 1.54) is 13.0 Å². The first-order valence-electron chi connectivity index (χ1n) is 5.50. The van der Waals surface area contributed by atoms with Crippen LogP contribution >= 0.6 is 7.81 Å². The molecule has 18 heavy (non-hydrogen) atoms. The van der Waals surface area contributed by atoms with Gasteiger partial charge in [0.15, 0.2) is 6.23 Å². The van der Waals surface area contributed by atoms with Crippen LogP contribution in [0.15, 0.2) is 0 Å². The van der Waals surface area contributed by atoms with Gasteiger partial charge in [0.2, 0.25) is 0 Å². The molecule has 0 N–H and O–H groups in total. The van der Waals surface area contributed by atoms with Crippen molar-refractivity contribution in [3.8, 4) is 0 Å². The molecule has 0 aromatic heterocycles. The van der Waals surface area contributed by atoms with Crippen LogP contribution in [0.1, 0.15) is 27.2 Å². The van der Waals surface area contributed by atoms with Crippen LogP contribution in [0, 0.1) is 0 Å². The molecule has 9 heteroatoms. The van der Waals surface area contributed by atoms with Crippen molar-refractivity contribution in [3.05, 3.63) is 0 Å². The van der Waals surface area contributed by atoms with Gasteiger partial charge >= 0.3 is 33.0 Å². The van der Waals surface area contributed by atoms with Crippen molar-refractivity contribution in [1.82, 2.24) is 0 Å². The predicted molar refractivity (Wildman–Crippen MR) is 61.9 cm³/mol. The number of ether oxygens (including phenoxy) is 1. The van der Waals surface area contributed by atoms with Gasteiger partial charge in [0, 0.05) is 6.92 Å². The van der Waals surface area contributed by atoms with Crippen LogP contribution in [-0.2, 0) is 4.74 Å². The Morgan fingerprint density at radius 2 is 1.33 bits per heavy atom. The standard InChI is InChI=1S/C9H22NO.F6P/c1-6-8-10(4,5)9(3)11-7-2;1-7(2,3,4,5)6/h9H,6-8H2,1-5H3;/q+1;-1. The Labute approximate surface area is 104 Å². The molecule has 1 atom stereocenters. The van der Waals surface area contributed by atoms with Gasteiger partial charge in [0.1, 0.15) is 0 Å². The number of quaternary nitrogens is 1. The van der Waals surface area contributed by atoms with E-state index in [1.54, 1.807) is 0 Å². The topological polar surface area (TPSA) is 9.23 Å². The SMILES string of the molecule is CCC[N+](C)(C)C(C)OCC.F[P-](F)(F)(F)(F)F. The summed E-state index contributed by atoms with van der Waals surface area (Å²) in [4.78, 5) is 0. The van der Waals surface area contributed by atoms with Gasteiger partial charge < -0.3 is 9.22 Å². The van der Waals surface area contributed by atoms with E-state index in [4.69, 9.17) is 4.74 Å². The average molecular weight is 305 g/mol. The van der Waals surface area contributed by atoms with Crippen LogP contribution in [-0.4, -0.2) is 38.0 Å². The molecular weight excluding hydrogens is 283 g/mol. The first-order valence-corrected chi connectivity index (χ1v) is 7.53. The zero-order chi connectivity index (χ0) is 15.3. The van der Waals surface area contributed by atoms with E-state index in [9.17, 15) is 25.2 Å². The van der Waals surface area contributed by atoms with Crippen molar-refractivity contribution in [2.45, 2.75) is 33.4 Å². The van der Waals surface area contributed by atoms with Gasteiger partial charge in [-0.3, -0.25) is 0 Å². The maximum atomic E-state index is 9.87. The van der Waals surface area contributed by atoms with Crippen molar-refractivity contribution in [1.29, 1.82) is 0 Å². The Kier molecular flexibility index (Phi) is 6.20. The van der Waals surface area contributed by atoms with Gasteiger partial charge in [-0.25, -0.2) is 0 Å². The van der Waals surface area contributed by atoms with E-state index in [0.29, 0.717) is 6.23 Å². The van der Waals surface area contributed by atoms with Crippen LogP contribution in [0.2, 0.25) is 0 Å². The van der Waals surface area contributed by atoms with Gasteiger partial charge in [0.25, 0.3) is 0 Å². The summed E-state index contributed by atoms with van der Waals surface area (Å²) in [6.07, 6.45) is 1.53. The molecule has 0 aliphatic carbocycles. The van der Waals surface area contributed by atoms with E-state index < -0.39 is 7.81 Å². The minimum absolute atomic E-state index is 0.319. The Hall–Kier alpha value is -0.0700. The molecule has 0 saturated heterocycles. The Bertz CT molecular complexity index is 238. The number of hydrogen-bond donors (Lipinski definition) is 0. The van der Waals surface area contributed by atoms with Crippen molar-refractivity contribution < 1.29 is 34.4 Å². The third kappa shape index (κ3) is 21.2. The minimum atomic E-state index is -10.7. The Morgan fingerprint density at radius 1 is 1.00 bits per heavy atom. The molecule has 0 rings (SSSR count). The second kappa shape index (κ2) is 5.51. The molecule has 0 spiro atoms. The Balaban J connectivity index is 0. The van der Waals surface area contributed by atoms with E-state index in [1.807, 2.05) is 6.92 Å². The normalized spacial score (nSPS) is 18.2. The van der Waals surface area contributed by atoms with Crippen molar-refractivity contribution in [2.75, 3.05) is 27.2 Å². The fraction of sp³-hybridized carbons (Fsp3) is 1.00. The van der Waals surface area contributed by atoms with Crippen LogP contribution in [0.5, 0.6) is 0 Å². The van der Waals surface area contributed by atoms with Gasteiger partial charge in [-0.2, -0.15) is 0 Å². The molecule has 0 amide bonds. The fourth-order valence-corrected chi connectivity index (χ4v) is 1.20. The summed E-state index contributed by atoms with van der Waals surface area (Å²) in [6, 6.07) is 0. The third-order valence-electron chi connectivity index (χ3n) is 2.19. The van der Waals surface area contributed by atoms with Gasteiger partial charge in [0.05, 0.1) is 27.2 Å². The van der Waals surface area contributed by atoms with Crippen LogP contribution < -0.4 is 0 Å². The molecule has 0 aliphatic heterocycles. The van der Waals surface area contributed by atoms with Crippen LogP contribution in [0.4, 0.5) is 25.2 Å². The summed E-state index contributed by atoms with van der Waals surface area (Å²) in [5.41, 5.74) is 0. The molecule has 0 bridgehead atoms. The molecule has 2 nitrogen and oxygen atoms in total. The molecule has 0 aromatic rings. The molecule has 0 fully saturated rings. The zero-order valence-electron chi connectivity index (χ0n) is 11.3. The molecule has 116 valence electrons. The first kappa shape index (κ1) is 20.3. The molecule has 1 unspecified atom stereocenters. The molecule has 0 heterocycles. The zero-order valence-corrected chi connectivity index (χ0v) is 12.2. The molecule has 0 aliphatic rings. The van der Waals surface area contributed by atoms with Crippen molar-refractivity contribution >= 4 is 7.81 Å². The van der Waals surface area contributed by atoms with Gasteiger partial charge in [-0.15, -0.1) is 0 Å². The first-order chi connectivity index (χ1) is 7.49. The number of nitrogens with zero attached hydrogens (tertiary/aromatic N) is 1. The monoisotopic (exact) mass is 305 g/mol. The molecule has 0 aromatic carbocycles. The van der Waals surface area contributed by atoms with E-state index in [-0.39, 0.29) is 0 Å². The van der Waals surface area contributed by atoms with Crippen molar-refractivity contribution in [3.63, 3.8) is 0 Å². The van der Waals surface area contributed by atoms with Crippen LogP contribution in [0.3, 0.4) is 0 Å². The quantitative estimate of drug-likeness (QED) is 0.292. The summed E-state index contributed by atoms with van der Waals surface area (Å²) in [6.45, 7) is 8.38. The number of rotatable bonds is 5. The van der Waals surface area contributed by atoms with Gasteiger partial charge in [-0.1, -0.05) is 6.92 Å². The maximum absolute atomic E-state index is 10.7. The third-order valence-corrected chi connectivity index (χ3v) is 2.19. The van der Waals surface area contributed by atoms with Gasteiger partial charge in [-0.05, 0) is 13.3 Å². The van der Waals surface area contributed by atoms with E-state index in [2.05, 4.69) is 27.9 Å². The van der Waals surface area contributed by atoms with E-state index >= 15 is 0 Å². The summed E-state index contributed by atoms with van der Waals surface area (Å²) in [7, 11) is -6.23. The summed E-state index contributed by atoms with van der Waals surface area (Å²) < 4.78 is 65.7. The average Bonchev–Trinajstić information content (AvgIpc) is 1.98. The fourth-order valence-electron chi connectivity index (χ4n) is 1.20. The summed E-state index contributed by atoms with van der Waals surface area (Å²) in [5, 5.41) is 0. The second-order valence-electron chi connectivity index (χ2n) is 4.52. The van der Waals surface area contributed by atoms with Crippen LogP contribution in [0.25, 0.3) is 0 Å². The molecular formula is C9H22F6NOP. The second-order valence-corrected chi connectivity index (χ2v) is 6.43. The number of hydrogen-bond acceptors (Lipinski definition) is 1. The molecule has 0 radical (unpaired) electrons. The predicted octanol–water partition coefficient (Wildman–Crippen LogP) is 5.24. The molecule has 0 saturated carbocycles. The Morgan fingerprint density at radius 3 is 1.56 bits per heavy atom. The van der Waals surface area contributed by atoms with Crippen molar-refractivity contribution in [2.24, 2.45) is 0 Å². The summed E-state index contributed by atoms with van der Waals surface area (Å²) in [5.74, 6) is 0. The number of halogens is 6. The van der Waals surface area contributed by atoms with E-state index in [0.717, 1.165) is 11.1 Å².